The molecule has 1 aromatic rings. The lowest BCUT2D eigenvalue weighted by molar-refractivity contribution is -0.386. The Morgan fingerprint density at radius 2 is 2.11 bits per heavy atom. The first-order valence-electron chi connectivity index (χ1n) is 5.27. The van der Waals surface area contributed by atoms with Crippen LogP contribution in [-0.4, -0.2) is 22.1 Å². The van der Waals surface area contributed by atoms with Crippen molar-refractivity contribution >= 4 is 39.2 Å². The minimum Gasteiger partial charge on any atom is -0.478 e. The van der Waals surface area contributed by atoms with E-state index in [0.29, 0.717) is 0 Å². The average Bonchev–Trinajstić information content (AvgIpc) is 2.25. The van der Waals surface area contributed by atoms with E-state index in [1.807, 2.05) is 0 Å². The lowest BCUT2D eigenvalue weighted by Gasteiger charge is -2.19. The van der Waals surface area contributed by atoms with Crippen molar-refractivity contribution in [2.45, 2.75) is 20.0 Å². The quantitative estimate of drug-likeness (QED) is 0.647. The van der Waals surface area contributed by atoms with Gasteiger partial charge in [0.25, 0.3) is 0 Å². The van der Waals surface area contributed by atoms with E-state index in [1.54, 1.807) is 13.8 Å². The van der Waals surface area contributed by atoms with Crippen LogP contribution >= 0.6 is 27.5 Å². The largest absolute Gasteiger partial charge is 0.478 e. The number of ether oxygens (including phenoxy) is 1. The third-order valence-electron chi connectivity index (χ3n) is 2.28. The zero-order valence-corrected chi connectivity index (χ0v) is 12.4. The Hall–Kier alpha value is -1.34. The van der Waals surface area contributed by atoms with Gasteiger partial charge in [0.05, 0.1) is 9.40 Å². The first-order chi connectivity index (χ1) is 8.73. The van der Waals surface area contributed by atoms with Crippen molar-refractivity contribution in [1.29, 1.82) is 0 Å². The molecule has 1 aromatic carbocycles. The second-order valence-corrected chi connectivity index (χ2v) is 5.40. The molecule has 0 spiro atoms. The highest BCUT2D eigenvalue weighted by Gasteiger charge is 2.29. The third-order valence-corrected chi connectivity index (χ3v) is 3.09. The maximum Gasteiger partial charge on any atom is 0.345 e. The molecule has 1 N–H and O–H groups in total. The Balaban J connectivity index is 3.26. The molecule has 6 nitrogen and oxygen atoms in total. The smallest absolute Gasteiger partial charge is 0.345 e. The molecule has 1 unspecified atom stereocenters. The van der Waals surface area contributed by atoms with Crippen LogP contribution in [0.5, 0.6) is 5.75 Å². The van der Waals surface area contributed by atoms with Crippen molar-refractivity contribution < 1.29 is 19.6 Å². The van der Waals surface area contributed by atoms with E-state index >= 15 is 0 Å². The number of nitro groups is 1. The summed E-state index contributed by atoms with van der Waals surface area (Å²) >= 11 is 8.81. The Labute approximate surface area is 122 Å². The van der Waals surface area contributed by atoms with Gasteiger partial charge in [0, 0.05) is 17.0 Å². The molecule has 1 atom stereocenters. The van der Waals surface area contributed by atoms with Crippen molar-refractivity contribution in [3.05, 3.63) is 31.7 Å². The van der Waals surface area contributed by atoms with Crippen molar-refractivity contribution in [1.82, 2.24) is 0 Å². The second-order valence-electron chi connectivity index (χ2n) is 4.11. The molecule has 0 heterocycles. The van der Waals surface area contributed by atoms with Crippen LogP contribution in [0.2, 0.25) is 5.02 Å². The summed E-state index contributed by atoms with van der Waals surface area (Å²) in [5, 5.41) is 20.1. The molecular formula is C11H11BrClNO5. The van der Waals surface area contributed by atoms with E-state index in [0.717, 1.165) is 6.07 Å². The number of benzene rings is 1. The van der Waals surface area contributed by atoms with Gasteiger partial charge in [-0.15, -0.1) is 0 Å². The summed E-state index contributed by atoms with van der Waals surface area (Å²) in [6.07, 6.45) is -1.18. The molecule has 0 amide bonds. The van der Waals surface area contributed by atoms with Crippen LogP contribution in [0.3, 0.4) is 0 Å². The highest BCUT2D eigenvalue weighted by atomic mass is 79.9. The van der Waals surface area contributed by atoms with E-state index in [9.17, 15) is 14.9 Å². The number of nitrogens with zero attached hydrogens (tertiary/aromatic N) is 1. The maximum absolute atomic E-state index is 11.1. The zero-order valence-electron chi connectivity index (χ0n) is 10.1. The molecule has 19 heavy (non-hydrogen) atoms. The van der Waals surface area contributed by atoms with Crippen LogP contribution in [0.25, 0.3) is 0 Å². The number of carbonyl (C=O) groups is 1. The minimum absolute atomic E-state index is 0.143. The van der Waals surface area contributed by atoms with Gasteiger partial charge in [-0.2, -0.15) is 0 Å². The SMILES string of the molecule is CC(C)C(Oc1c(Br)cc(Cl)cc1[N+](=O)[O-])C(=O)O. The maximum atomic E-state index is 11.1. The Morgan fingerprint density at radius 1 is 1.53 bits per heavy atom. The van der Waals surface area contributed by atoms with Gasteiger partial charge >= 0.3 is 11.7 Å². The first-order valence-corrected chi connectivity index (χ1v) is 6.44. The number of hydrogen-bond donors (Lipinski definition) is 1. The minimum atomic E-state index is -1.19. The number of aliphatic carboxylic acids is 1. The fraction of sp³-hybridized carbons (Fsp3) is 0.364. The Bertz CT molecular complexity index is 520. The fourth-order valence-electron chi connectivity index (χ4n) is 1.40. The van der Waals surface area contributed by atoms with Crippen molar-refractivity contribution in [2.24, 2.45) is 5.92 Å². The third kappa shape index (κ3) is 3.81. The number of hydrogen-bond acceptors (Lipinski definition) is 4. The fourth-order valence-corrected chi connectivity index (χ4v) is 2.29. The van der Waals surface area contributed by atoms with Gasteiger partial charge in [-0.05, 0) is 22.0 Å². The van der Waals surface area contributed by atoms with Gasteiger partial charge in [-0.25, -0.2) is 4.79 Å². The van der Waals surface area contributed by atoms with E-state index in [2.05, 4.69) is 15.9 Å². The highest BCUT2D eigenvalue weighted by Crippen LogP contribution is 2.39. The van der Waals surface area contributed by atoms with E-state index < -0.39 is 17.0 Å². The van der Waals surface area contributed by atoms with Gasteiger partial charge in [0.1, 0.15) is 0 Å². The molecule has 0 bridgehead atoms. The summed E-state index contributed by atoms with van der Waals surface area (Å²) in [4.78, 5) is 21.3. The second kappa shape index (κ2) is 6.21. The van der Waals surface area contributed by atoms with Gasteiger partial charge in [-0.1, -0.05) is 25.4 Å². The molecule has 0 fully saturated rings. The number of carboxylic acid groups (broad SMARTS) is 1. The molecule has 0 radical (unpaired) electrons. The van der Waals surface area contributed by atoms with Gasteiger partial charge in [0.2, 0.25) is 5.75 Å². The molecule has 104 valence electrons. The van der Waals surface area contributed by atoms with Crippen LogP contribution in [0, 0.1) is 16.0 Å². The molecule has 0 aliphatic rings. The summed E-state index contributed by atoms with van der Waals surface area (Å²) in [6.45, 7) is 3.29. The zero-order chi connectivity index (χ0) is 14.7. The molecule has 0 saturated heterocycles. The lowest BCUT2D eigenvalue weighted by atomic mass is 10.1. The van der Waals surface area contributed by atoms with E-state index in [-0.39, 0.29) is 26.9 Å². The Morgan fingerprint density at radius 3 is 2.53 bits per heavy atom. The summed E-state index contributed by atoms with van der Waals surface area (Å²) in [7, 11) is 0. The molecule has 1 rings (SSSR count). The predicted molar refractivity (Wildman–Crippen MR) is 72.7 cm³/mol. The molecular weight excluding hydrogens is 341 g/mol. The molecule has 0 saturated carbocycles. The molecule has 0 aromatic heterocycles. The van der Waals surface area contributed by atoms with Gasteiger partial charge < -0.3 is 9.84 Å². The topological polar surface area (TPSA) is 89.7 Å². The van der Waals surface area contributed by atoms with Crippen LogP contribution in [0.4, 0.5) is 5.69 Å². The van der Waals surface area contributed by atoms with Crippen LogP contribution in [0.15, 0.2) is 16.6 Å². The average molecular weight is 353 g/mol. The van der Waals surface area contributed by atoms with Crippen LogP contribution in [-0.2, 0) is 4.79 Å². The Kier molecular flexibility index (Phi) is 5.13. The standard InChI is InChI=1S/C11H11BrClNO5/c1-5(2)9(11(15)16)19-10-7(12)3-6(13)4-8(10)14(17)18/h3-5,9H,1-2H3,(H,15,16). The predicted octanol–water partition coefficient (Wildman–Crippen LogP) is 3.50. The van der Waals surface area contributed by atoms with Crippen molar-refractivity contribution in [2.75, 3.05) is 0 Å². The van der Waals surface area contributed by atoms with Crippen molar-refractivity contribution in [3.63, 3.8) is 0 Å². The van der Waals surface area contributed by atoms with Crippen LogP contribution in [0.1, 0.15) is 13.8 Å². The number of rotatable bonds is 5. The van der Waals surface area contributed by atoms with Crippen LogP contribution < -0.4 is 4.74 Å². The first kappa shape index (κ1) is 15.7. The van der Waals surface area contributed by atoms with Crippen molar-refractivity contribution in [3.8, 4) is 5.75 Å². The van der Waals surface area contributed by atoms with Gasteiger partial charge in [0.15, 0.2) is 6.10 Å². The van der Waals surface area contributed by atoms with Gasteiger partial charge in [-0.3, -0.25) is 10.1 Å². The number of nitro benzene ring substituents is 1. The summed E-state index contributed by atoms with van der Waals surface area (Å²) in [6, 6.07) is 2.52. The highest BCUT2D eigenvalue weighted by molar-refractivity contribution is 9.10. The number of halogens is 2. The normalized spacial score (nSPS) is 12.3. The molecule has 0 aliphatic heterocycles. The molecule has 0 aliphatic carbocycles. The van der Waals surface area contributed by atoms with E-state index in [1.165, 1.54) is 6.07 Å². The number of carboxylic acids is 1. The molecule has 8 heteroatoms. The summed E-state index contributed by atoms with van der Waals surface area (Å²) < 4.78 is 5.50. The van der Waals surface area contributed by atoms with E-state index in [4.69, 9.17) is 21.4 Å². The lowest BCUT2D eigenvalue weighted by Crippen LogP contribution is -2.32. The monoisotopic (exact) mass is 351 g/mol. The summed E-state index contributed by atoms with van der Waals surface area (Å²) in [5.74, 6) is -1.68. The summed E-state index contributed by atoms with van der Waals surface area (Å²) in [5.41, 5.74) is -0.383.